The topological polar surface area (TPSA) is 0 Å². The maximum Gasteiger partial charge on any atom is 0.435 e. The summed E-state index contributed by atoms with van der Waals surface area (Å²) < 4.78 is 122. The molecule has 0 saturated carbocycles. The van der Waals surface area contributed by atoms with E-state index in [1.54, 1.807) is 0 Å². The molecule has 0 aromatic carbocycles. The zero-order chi connectivity index (χ0) is 13.2. The Morgan fingerprint density at radius 2 is 1.12 bits per heavy atom. The lowest BCUT2D eigenvalue weighted by Gasteiger charge is -2.30. The third kappa shape index (κ3) is 1.07. The predicted molar refractivity (Wildman–Crippen MR) is 29.0 cm³/mol. The van der Waals surface area contributed by atoms with E-state index >= 15 is 0 Å². The van der Waals surface area contributed by atoms with Crippen molar-refractivity contribution >= 4 is 0 Å². The van der Waals surface area contributed by atoms with E-state index in [1.165, 1.54) is 0 Å². The summed E-state index contributed by atoms with van der Waals surface area (Å²) in [5.74, 6) is -20.4. The summed E-state index contributed by atoms with van der Waals surface area (Å²) in [6.07, 6.45) is -6.71. The molecule has 1 aliphatic rings. The van der Waals surface area contributed by atoms with Crippen molar-refractivity contribution in [3.63, 3.8) is 0 Å². The van der Waals surface area contributed by atoms with Crippen molar-refractivity contribution in [3.05, 3.63) is 11.7 Å². The summed E-state index contributed by atoms with van der Waals surface area (Å²) in [6.45, 7) is 0. The molecule has 0 spiro atoms. The van der Waals surface area contributed by atoms with Gasteiger partial charge in [0.25, 0.3) is 0 Å². The lowest BCUT2D eigenvalue weighted by Crippen LogP contribution is -2.59. The van der Waals surface area contributed by atoms with Crippen molar-refractivity contribution in [1.29, 1.82) is 0 Å². The fourth-order valence-electron chi connectivity index (χ4n) is 1.08. The van der Waals surface area contributed by atoms with E-state index < -0.39 is 35.3 Å². The normalized spacial score (nSPS) is 33.4. The Bertz CT molecular complexity index is 349. The van der Waals surface area contributed by atoms with Gasteiger partial charge in [0, 0.05) is 0 Å². The average Bonchev–Trinajstić information content (AvgIpc) is 2.18. The molecule has 0 fully saturated rings. The molecule has 10 heteroatoms. The van der Waals surface area contributed by atoms with Crippen LogP contribution in [0.25, 0.3) is 0 Å². The molecule has 0 bridgehead atoms. The highest BCUT2D eigenvalue weighted by Crippen LogP contribution is 2.64. The zero-order valence-corrected chi connectivity index (χ0v) is 6.78. The maximum atomic E-state index is 12.7. The summed E-state index contributed by atoms with van der Waals surface area (Å²) in [4.78, 5) is 0. The van der Waals surface area contributed by atoms with Gasteiger partial charge < -0.3 is 0 Å². The van der Waals surface area contributed by atoms with Gasteiger partial charge >= 0.3 is 23.7 Å². The molecular formula is C6F10. The number of alkyl halides is 8. The third-order valence-electron chi connectivity index (χ3n) is 1.99. The minimum Gasteiger partial charge on any atom is -0.219 e. The molecule has 0 aliphatic heterocycles. The maximum absolute atomic E-state index is 12.7. The molecule has 16 heavy (non-hydrogen) atoms. The van der Waals surface area contributed by atoms with Crippen LogP contribution in [0.2, 0.25) is 0 Å². The van der Waals surface area contributed by atoms with Gasteiger partial charge in [-0.3, -0.25) is 0 Å². The van der Waals surface area contributed by atoms with Gasteiger partial charge in [-0.25, -0.2) is 13.2 Å². The SMILES string of the molecule is FC1=C(F)C(F)(C(F)(F)F)C(F)(F)C1(F)F. The first kappa shape index (κ1) is 13.1. The van der Waals surface area contributed by atoms with Crippen LogP contribution < -0.4 is 0 Å². The van der Waals surface area contributed by atoms with Crippen LogP contribution in [0.15, 0.2) is 11.7 Å². The molecule has 1 unspecified atom stereocenters. The molecule has 0 amide bonds. The summed E-state index contributed by atoms with van der Waals surface area (Å²) in [5.41, 5.74) is -6.35. The van der Waals surface area contributed by atoms with Crippen LogP contribution in [-0.4, -0.2) is 23.7 Å². The quantitative estimate of drug-likeness (QED) is 0.584. The van der Waals surface area contributed by atoms with Gasteiger partial charge in [0.1, 0.15) is 0 Å². The average molecular weight is 262 g/mol. The second-order valence-corrected chi connectivity index (χ2v) is 2.93. The lowest BCUT2D eigenvalue weighted by atomic mass is 9.98. The second-order valence-electron chi connectivity index (χ2n) is 2.93. The van der Waals surface area contributed by atoms with Crippen molar-refractivity contribution in [3.8, 4) is 0 Å². The molecule has 1 aliphatic carbocycles. The number of allylic oxidation sites excluding steroid dienone is 2. The Labute approximate surface area is 80.5 Å². The van der Waals surface area contributed by atoms with E-state index in [2.05, 4.69) is 0 Å². The van der Waals surface area contributed by atoms with Crippen LogP contribution in [0.5, 0.6) is 0 Å². The Hall–Kier alpha value is -0.960. The zero-order valence-electron chi connectivity index (χ0n) is 6.78. The molecule has 1 rings (SSSR count). The number of hydrogen-bond acceptors (Lipinski definition) is 0. The highest BCUT2D eigenvalue weighted by molar-refractivity contribution is 5.38. The smallest absolute Gasteiger partial charge is 0.219 e. The van der Waals surface area contributed by atoms with Crippen LogP contribution in [0.3, 0.4) is 0 Å². The van der Waals surface area contributed by atoms with Crippen LogP contribution in [-0.2, 0) is 0 Å². The molecule has 0 nitrogen and oxygen atoms in total. The molecular weight excluding hydrogens is 262 g/mol. The van der Waals surface area contributed by atoms with E-state index in [0.717, 1.165) is 0 Å². The first-order valence-electron chi connectivity index (χ1n) is 3.39. The number of hydrogen-bond donors (Lipinski definition) is 0. The van der Waals surface area contributed by atoms with Gasteiger partial charge in [-0.05, 0) is 0 Å². The Morgan fingerprint density at radius 1 is 0.750 bits per heavy atom. The van der Waals surface area contributed by atoms with E-state index in [9.17, 15) is 43.9 Å². The van der Waals surface area contributed by atoms with Gasteiger partial charge in [-0.15, -0.1) is 0 Å². The van der Waals surface area contributed by atoms with Crippen molar-refractivity contribution in [2.45, 2.75) is 23.7 Å². The molecule has 0 aromatic rings. The highest BCUT2D eigenvalue weighted by atomic mass is 19.4. The lowest BCUT2D eigenvalue weighted by molar-refractivity contribution is -0.324. The summed E-state index contributed by atoms with van der Waals surface area (Å²) >= 11 is 0. The Morgan fingerprint density at radius 3 is 1.25 bits per heavy atom. The van der Waals surface area contributed by atoms with Crippen LogP contribution in [0.1, 0.15) is 0 Å². The van der Waals surface area contributed by atoms with E-state index in [1.807, 2.05) is 0 Å². The second kappa shape index (κ2) is 2.83. The van der Waals surface area contributed by atoms with Gasteiger partial charge in [0.15, 0.2) is 5.83 Å². The summed E-state index contributed by atoms with van der Waals surface area (Å²) in [5, 5.41) is 0. The van der Waals surface area contributed by atoms with Gasteiger partial charge in [-0.1, -0.05) is 0 Å². The van der Waals surface area contributed by atoms with E-state index in [-0.39, 0.29) is 0 Å². The Kier molecular flexibility index (Phi) is 2.32. The summed E-state index contributed by atoms with van der Waals surface area (Å²) in [7, 11) is 0. The van der Waals surface area contributed by atoms with Crippen molar-refractivity contribution in [1.82, 2.24) is 0 Å². The van der Waals surface area contributed by atoms with Crippen LogP contribution in [0.4, 0.5) is 43.9 Å². The molecule has 0 saturated heterocycles. The molecule has 0 radical (unpaired) electrons. The fraction of sp³-hybridized carbons (Fsp3) is 0.667. The molecule has 0 aromatic heterocycles. The standard InChI is InChI=1S/C6F10/c7-1-2(8)4(10,11)5(12,13)3(1,9)6(14,15)16. The molecule has 0 N–H and O–H groups in total. The highest BCUT2D eigenvalue weighted by Gasteiger charge is 2.89. The minimum absolute atomic E-state index is 3.75. The van der Waals surface area contributed by atoms with Crippen molar-refractivity contribution in [2.75, 3.05) is 0 Å². The molecule has 94 valence electrons. The van der Waals surface area contributed by atoms with Crippen molar-refractivity contribution in [2.24, 2.45) is 0 Å². The largest absolute Gasteiger partial charge is 0.435 e. The fourth-order valence-corrected chi connectivity index (χ4v) is 1.08. The van der Waals surface area contributed by atoms with E-state index in [0.29, 0.717) is 0 Å². The monoisotopic (exact) mass is 262 g/mol. The number of halogens is 10. The van der Waals surface area contributed by atoms with Crippen molar-refractivity contribution < 1.29 is 43.9 Å². The first-order chi connectivity index (χ1) is 6.82. The third-order valence-corrected chi connectivity index (χ3v) is 1.99. The van der Waals surface area contributed by atoms with Crippen LogP contribution in [0, 0.1) is 0 Å². The van der Waals surface area contributed by atoms with Gasteiger partial charge in [0.2, 0.25) is 5.83 Å². The number of rotatable bonds is 0. The Balaban J connectivity index is 3.56. The molecule has 1 atom stereocenters. The first-order valence-corrected chi connectivity index (χ1v) is 3.39. The van der Waals surface area contributed by atoms with Gasteiger partial charge in [-0.2, -0.15) is 30.7 Å². The van der Waals surface area contributed by atoms with Gasteiger partial charge in [0.05, 0.1) is 0 Å². The van der Waals surface area contributed by atoms with Crippen LogP contribution >= 0.6 is 0 Å². The van der Waals surface area contributed by atoms with E-state index in [4.69, 9.17) is 0 Å². The summed E-state index contributed by atoms with van der Waals surface area (Å²) in [6, 6.07) is 0. The molecule has 0 heterocycles. The predicted octanol–water partition coefficient (Wildman–Crippen LogP) is 3.69. The minimum atomic E-state index is -6.71.